The molecule has 0 atom stereocenters. The van der Waals surface area contributed by atoms with E-state index in [2.05, 4.69) is 6.92 Å². The highest BCUT2D eigenvalue weighted by atomic mass is 31.2. The molecule has 0 aliphatic rings. The number of rotatable bonds is 3. The van der Waals surface area contributed by atoms with Gasteiger partial charge in [0.2, 0.25) is 0 Å². The van der Waals surface area contributed by atoms with E-state index in [-0.39, 0.29) is 0 Å². The minimum absolute atomic E-state index is 0.855. The SMILES string of the molecule is CCCCCN.O=P(O)(O)F. The highest BCUT2D eigenvalue weighted by molar-refractivity contribution is 7.45. The van der Waals surface area contributed by atoms with E-state index in [1.54, 1.807) is 0 Å². The Hall–Kier alpha value is 0.0400. The molecular formula is C5H15FNO3P. The van der Waals surface area contributed by atoms with Crippen molar-refractivity contribution in [3.8, 4) is 0 Å². The minimum Gasteiger partial charge on any atom is -0.330 e. The van der Waals surface area contributed by atoms with E-state index in [1.807, 2.05) is 0 Å². The van der Waals surface area contributed by atoms with Crippen LogP contribution in [-0.2, 0) is 4.57 Å². The topological polar surface area (TPSA) is 83.6 Å². The van der Waals surface area contributed by atoms with Crippen LogP contribution in [0.2, 0.25) is 0 Å². The molecule has 0 rings (SSSR count). The molecule has 0 aromatic rings. The molecule has 0 bridgehead atoms. The van der Waals surface area contributed by atoms with E-state index in [0.717, 1.165) is 6.54 Å². The Labute approximate surface area is 65.9 Å². The maximum atomic E-state index is 10.4. The second-order valence-corrected chi connectivity index (χ2v) is 2.91. The van der Waals surface area contributed by atoms with Crippen molar-refractivity contribution in [1.29, 1.82) is 0 Å². The largest absolute Gasteiger partial charge is 0.507 e. The third-order valence-electron chi connectivity index (χ3n) is 0.808. The third-order valence-corrected chi connectivity index (χ3v) is 0.808. The predicted molar refractivity (Wildman–Crippen MR) is 41.7 cm³/mol. The van der Waals surface area contributed by atoms with E-state index in [4.69, 9.17) is 20.1 Å². The summed E-state index contributed by atoms with van der Waals surface area (Å²) >= 11 is 0. The Balaban J connectivity index is 0. The molecule has 0 aromatic heterocycles. The lowest BCUT2D eigenvalue weighted by molar-refractivity contribution is 0.322. The zero-order valence-electron chi connectivity index (χ0n) is 6.53. The van der Waals surface area contributed by atoms with Gasteiger partial charge in [0.25, 0.3) is 0 Å². The number of hydrogen-bond acceptors (Lipinski definition) is 2. The fourth-order valence-corrected chi connectivity index (χ4v) is 0.394. The summed E-state index contributed by atoms with van der Waals surface area (Å²) in [5.41, 5.74) is 5.21. The molecule has 0 aliphatic heterocycles. The van der Waals surface area contributed by atoms with Crippen LogP contribution in [0.1, 0.15) is 26.2 Å². The molecule has 0 saturated heterocycles. The summed E-state index contributed by atoms with van der Waals surface area (Å²) in [6.07, 6.45) is 3.75. The monoisotopic (exact) mass is 187 g/mol. The maximum absolute atomic E-state index is 10.4. The summed E-state index contributed by atoms with van der Waals surface area (Å²) in [6.45, 7) is 3.03. The summed E-state index contributed by atoms with van der Waals surface area (Å²) in [7, 11) is -5.14. The van der Waals surface area contributed by atoms with Crippen LogP contribution in [-0.4, -0.2) is 16.3 Å². The number of halogens is 1. The Morgan fingerprint density at radius 2 is 1.82 bits per heavy atom. The van der Waals surface area contributed by atoms with E-state index in [9.17, 15) is 4.20 Å². The van der Waals surface area contributed by atoms with Crippen molar-refractivity contribution in [1.82, 2.24) is 0 Å². The van der Waals surface area contributed by atoms with Gasteiger partial charge in [-0.05, 0) is 13.0 Å². The van der Waals surface area contributed by atoms with Gasteiger partial charge in [-0.3, -0.25) is 9.79 Å². The van der Waals surface area contributed by atoms with Gasteiger partial charge in [-0.15, -0.1) is 4.20 Å². The van der Waals surface area contributed by atoms with Crippen LogP contribution in [0.5, 0.6) is 0 Å². The van der Waals surface area contributed by atoms with Crippen molar-refractivity contribution in [3.63, 3.8) is 0 Å². The summed E-state index contributed by atoms with van der Waals surface area (Å²) in [6, 6.07) is 0. The molecule has 0 saturated carbocycles. The molecule has 0 radical (unpaired) electrons. The summed E-state index contributed by atoms with van der Waals surface area (Å²) in [4.78, 5) is 13.9. The molecule has 0 fully saturated rings. The first-order valence-corrected chi connectivity index (χ1v) is 4.87. The van der Waals surface area contributed by atoms with Crippen LogP contribution in [0.3, 0.4) is 0 Å². The number of nitrogens with two attached hydrogens (primary N) is 1. The summed E-state index contributed by atoms with van der Waals surface area (Å²) < 4.78 is 19.0. The molecule has 0 heterocycles. The number of hydrogen-bond donors (Lipinski definition) is 3. The van der Waals surface area contributed by atoms with Gasteiger partial charge in [-0.25, -0.2) is 4.57 Å². The van der Waals surface area contributed by atoms with Crippen molar-refractivity contribution in [2.45, 2.75) is 26.2 Å². The second-order valence-electron chi connectivity index (χ2n) is 1.97. The highest BCUT2D eigenvalue weighted by Gasteiger charge is 2.04. The lowest BCUT2D eigenvalue weighted by Crippen LogP contribution is -1.96. The van der Waals surface area contributed by atoms with Gasteiger partial charge >= 0.3 is 7.91 Å². The van der Waals surface area contributed by atoms with Crippen LogP contribution in [0.25, 0.3) is 0 Å². The average molecular weight is 187 g/mol. The van der Waals surface area contributed by atoms with Crippen LogP contribution >= 0.6 is 7.91 Å². The Bertz CT molecular complexity index is 104. The van der Waals surface area contributed by atoms with Crippen molar-refractivity contribution in [2.75, 3.05) is 6.54 Å². The molecule has 0 amide bonds. The van der Waals surface area contributed by atoms with E-state index < -0.39 is 7.91 Å². The van der Waals surface area contributed by atoms with Gasteiger partial charge in [0.1, 0.15) is 0 Å². The lowest BCUT2D eigenvalue weighted by atomic mass is 10.3. The van der Waals surface area contributed by atoms with Gasteiger partial charge in [0.05, 0.1) is 0 Å². The molecule has 4 N–H and O–H groups in total. The van der Waals surface area contributed by atoms with Crippen molar-refractivity contribution >= 4 is 7.91 Å². The first-order chi connectivity index (χ1) is 4.91. The number of unbranched alkanes of at least 4 members (excludes halogenated alkanes) is 2. The van der Waals surface area contributed by atoms with E-state index in [0.29, 0.717) is 0 Å². The van der Waals surface area contributed by atoms with Crippen LogP contribution in [0.15, 0.2) is 0 Å². The van der Waals surface area contributed by atoms with Gasteiger partial charge in [0, 0.05) is 0 Å². The van der Waals surface area contributed by atoms with Gasteiger partial charge < -0.3 is 5.73 Å². The second kappa shape index (κ2) is 8.14. The smallest absolute Gasteiger partial charge is 0.330 e. The van der Waals surface area contributed by atoms with Crippen LogP contribution in [0, 0.1) is 0 Å². The van der Waals surface area contributed by atoms with Gasteiger partial charge in [-0.1, -0.05) is 19.8 Å². The molecule has 70 valence electrons. The van der Waals surface area contributed by atoms with Gasteiger partial charge in [0.15, 0.2) is 0 Å². The molecule has 0 spiro atoms. The molecular weight excluding hydrogens is 172 g/mol. The zero-order chi connectivity index (χ0) is 9.33. The third kappa shape index (κ3) is 70.2. The quantitative estimate of drug-likeness (QED) is 0.457. The normalized spacial score (nSPS) is 10.3. The van der Waals surface area contributed by atoms with Gasteiger partial charge in [-0.2, -0.15) is 0 Å². The molecule has 4 nitrogen and oxygen atoms in total. The Morgan fingerprint density at radius 3 is 1.91 bits per heavy atom. The standard InChI is InChI=1S/C5H13N.FH2O3P/c1-2-3-4-5-6;1-5(2,3)4/h2-6H2,1H3;(H2,2,3,4). The fourth-order valence-electron chi connectivity index (χ4n) is 0.394. The Kier molecular flexibility index (Phi) is 10.1. The zero-order valence-corrected chi connectivity index (χ0v) is 7.43. The molecule has 0 aliphatic carbocycles. The summed E-state index contributed by atoms with van der Waals surface area (Å²) in [5, 5.41) is 0. The first kappa shape index (κ1) is 13.6. The molecule has 11 heavy (non-hydrogen) atoms. The van der Waals surface area contributed by atoms with E-state index in [1.165, 1.54) is 19.3 Å². The van der Waals surface area contributed by atoms with E-state index >= 15 is 0 Å². The summed E-state index contributed by atoms with van der Waals surface area (Å²) in [5.74, 6) is 0. The van der Waals surface area contributed by atoms with Crippen molar-refractivity contribution < 1.29 is 18.5 Å². The molecule has 6 heteroatoms. The van der Waals surface area contributed by atoms with Crippen molar-refractivity contribution in [2.24, 2.45) is 5.73 Å². The predicted octanol–water partition coefficient (Wildman–Crippen LogP) is 1.18. The first-order valence-electron chi connectivity index (χ1n) is 3.37. The highest BCUT2D eigenvalue weighted by Crippen LogP contribution is 2.34. The van der Waals surface area contributed by atoms with Crippen LogP contribution in [0.4, 0.5) is 4.20 Å². The minimum atomic E-state index is -5.14. The van der Waals surface area contributed by atoms with Crippen LogP contribution < -0.4 is 5.73 Å². The Morgan fingerprint density at radius 1 is 1.45 bits per heavy atom. The maximum Gasteiger partial charge on any atom is 0.507 e. The molecule has 0 unspecified atom stereocenters. The fraction of sp³-hybridized carbons (Fsp3) is 1.00. The average Bonchev–Trinajstić information content (AvgIpc) is 1.79. The lowest BCUT2D eigenvalue weighted by Gasteiger charge is -1.86. The molecule has 0 aromatic carbocycles. The van der Waals surface area contributed by atoms with Crippen molar-refractivity contribution in [3.05, 3.63) is 0 Å².